The van der Waals surface area contributed by atoms with E-state index in [4.69, 9.17) is 4.74 Å². The van der Waals surface area contributed by atoms with Crippen LogP contribution < -0.4 is 0 Å². The Hall–Kier alpha value is -0.110. The first-order valence-electron chi connectivity index (χ1n) is 3.06. The summed E-state index contributed by atoms with van der Waals surface area (Å²) in [4.78, 5) is 0. The van der Waals surface area contributed by atoms with Gasteiger partial charge < -0.3 is 4.74 Å². The molecule has 1 fully saturated rings. The van der Waals surface area contributed by atoms with Gasteiger partial charge in [0, 0.05) is 0 Å². The van der Waals surface area contributed by atoms with Crippen LogP contribution in [0, 0.1) is 0 Å². The van der Waals surface area contributed by atoms with Gasteiger partial charge in [0.1, 0.15) is 0 Å². The van der Waals surface area contributed by atoms with Crippen molar-refractivity contribution in [2.24, 2.45) is 0 Å². The van der Waals surface area contributed by atoms with Crippen LogP contribution >= 0.6 is 0 Å². The normalized spacial score (nSPS) is 35.2. The summed E-state index contributed by atoms with van der Waals surface area (Å²) in [6.07, 6.45) is 2.35. The van der Waals surface area contributed by atoms with Crippen molar-refractivity contribution in [3.05, 3.63) is 0 Å². The Labute approximate surface area is 48.8 Å². The molecule has 1 heterocycles. The minimum atomic E-state index is -0.202. The van der Waals surface area contributed by atoms with E-state index in [1.807, 2.05) is 6.92 Å². The molecule has 0 saturated carbocycles. The quantitative estimate of drug-likeness (QED) is 0.512. The Bertz CT molecular complexity index is 74.9. The maximum atomic E-state index is 11.5. The molecule has 1 rings (SSSR count). The lowest BCUT2D eigenvalue weighted by Gasteiger charge is -1.85. The smallest absolute Gasteiger partial charge is 0.0895 e. The first kappa shape index (κ1) is 6.02. The first-order chi connectivity index (χ1) is 3.84. The molecule has 0 N–H and O–H groups in total. The van der Waals surface area contributed by atoms with Crippen LogP contribution in [0.5, 0.6) is 0 Å². The largest absolute Gasteiger partial charge is 0.370 e. The number of hydrogen-bond acceptors (Lipinski definition) is 1. The fraction of sp³-hybridized carbons (Fsp3) is 1.00. The highest BCUT2D eigenvalue weighted by Gasteiger charge is 2.32. The fourth-order valence-electron chi connectivity index (χ4n) is 0.811. The summed E-state index contributed by atoms with van der Waals surface area (Å²) in [6, 6.07) is 0. The number of hydrogen-bond donors (Lipinski definition) is 0. The van der Waals surface area contributed by atoms with Gasteiger partial charge in [-0.2, -0.15) is 0 Å². The molecule has 2 heteroatoms. The molecule has 0 radical (unpaired) electrons. The Morgan fingerprint density at radius 2 is 2.25 bits per heavy atom. The van der Waals surface area contributed by atoms with Gasteiger partial charge in [-0.1, -0.05) is 0 Å². The van der Waals surface area contributed by atoms with Crippen LogP contribution in [0.4, 0.5) is 4.39 Å². The van der Waals surface area contributed by atoms with Gasteiger partial charge in [-0.25, -0.2) is 0 Å². The topological polar surface area (TPSA) is 12.5 Å². The summed E-state index contributed by atoms with van der Waals surface area (Å²) < 4.78 is 16.5. The third-order valence-electron chi connectivity index (χ3n) is 1.46. The molecule has 0 aromatic carbocycles. The van der Waals surface area contributed by atoms with Crippen LogP contribution in [0.25, 0.3) is 0 Å². The second kappa shape index (κ2) is 2.44. The molecule has 0 aliphatic carbocycles. The molecule has 0 bridgehead atoms. The van der Waals surface area contributed by atoms with Crippen LogP contribution in [-0.4, -0.2) is 18.9 Å². The van der Waals surface area contributed by atoms with Crippen molar-refractivity contribution >= 4 is 0 Å². The van der Waals surface area contributed by atoms with Crippen LogP contribution in [0.2, 0.25) is 0 Å². The minimum absolute atomic E-state index is 0.202. The van der Waals surface area contributed by atoms with E-state index in [1.165, 1.54) is 0 Å². The van der Waals surface area contributed by atoms with Gasteiger partial charge in [-0.3, -0.25) is 4.39 Å². The Morgan fingerprint density at radius 3 is 2.62 bits per heavy atom. The molecular weight excluding hydrogens is 107 g/mol. The van der Waals surface area contributed by atoms with Crippen molar-refractivity contribution < 1.29 is 9.13 Å². The summed E-state index contributed by atoms with van der Waals surface area (Å²) in [5.74, 6) is 0. The molecule has 1 nitrogen and oxygen atoms in total. The van der Waals surface area contributed by atoms with Crippen LogP contribution in [0.1, 0.15) is 19.8 Å². The monoisotopic (exact) mass is 118 g/mol. The van der Waals surface area contributed by atoms with E-state index in [1.54, 1.807) is 0 Å². The van der Waals surface area contributed by atoms with E-state index >= 15 is 0 Å². The van der Waals surface area contributed by atoms with Gasteiger partial charge >= 0.3 is 0 Å². The zero-order valence-corrected chi connectivity index (χ0v) is 5.06. The summed E-state index contributed by atoms with van der Waals surface area (Å²) in [5, 5.41) is 0. The van der Waals surface area contributed by atoms with Gasteiger partial charge in [0.25, 0.3) is 0 Å². The van der Waals surface area contributed by atoms with Gasteiger partial charge in [0.15, 0.2) is 0 Å². The van der Waals surface area contributed by atoms with Crippen molar-refractivity contribution in [3.8, 4) is 0 Å². The molecule has 48 valence electrons. The van der Waals surface area contributed by atoms with Crippen LogP contribution in [0.3, 0.4) is 0 Å². The molecule has 0 spiro atoms. The third kappa shape index (κ3) is 1.44. The average molecular weight is 118 g/mol. The maximum absolute atomic E-state index is 11.5. The highest BCUT2D eigenvalue weighted by atomic mass is 19.1. The zero-order valence-electron chi connectivity index (χ0n) is 5.06. The Morgan fingerprint density at radius 1 is 1.62 bits per heavy atom. The van der Waals surface area contributed by atoms with E-state index in [0.29, 0.717) is 18.6 Å². The molecule has 1 aliphatic rings. The molecule has 1 aliphatic heterocycles. The molecule has 2 unspecified atom stereocenters. The first-order valence-corrected chi connectivity index (χ1v) is 3.06. The van der Waals surface area contributed by atoms with E-state index < -0.39 is 0 Å². The second-order valence-corrected chi connectivity index (χ2v) is 2.21. The number of ether oxygens (including phenoxy) is 1. The summed E-state index contributed by atoms with van der Waals surface area (Å²) >= 11 is 0. The number of rotatable bonds is 3. The molecule has 2 atom stereocenters. The fourth-order valence-corrected chi connectivity index (χ4v) is 0.811. The summed E-state index contributed by atoms with van der Waals surface area (Å²) in [5.41, 5.74) is 0. The lowest BCUT2D eigenvalue weighted by molar-refractivity contribution is 0.355. The molecule has 0 aromatic rings. The molecular formula is C6H11FO. The van der Waals surface area contributed by atoms with Crippen molar-refractivity contribution in [2.75, 3.05) is 6.67 Å². The number of halogens is 1. The third-order valence-corrected chi connectivity index (χ3v) is 1.46. The number of alkyl halides is 1. The van der Waals surface area contributed by atoms with Gasteiger partial charge in [-0.05, 0) is 19.8 Å². The Kier molecular flexibility index (Phi) is 1.84. The zero-order chi connectivity index (χ0) is 5.98. The average Bonchev–Trinajstić information content (AvgIpc) is 2.42. The van der Waals surface area contributed by atoms with Crippen LogP contribution in [-0.2, 0) is 4.74 Å². The van der Waals surface area contributed by atoms with Gasteiger partial charge in [-0.15, -0.1) is 0 Å². The van der Waals surface area contributed by atoms with Crippen molar-refractivity contribution in [3.63, 3.8) is 0 Å². The molecule has 8 heavy (non-hydrogen) atoms. The minimum Gasteiger partial charge on any atom is -0.370 e. The van der Waals surface area contributed by atoms with Gasteiger partial charge in [0.05, 0.1) is 18.9 Å². The highest BCUT2D eigenvalue weighted by Crippen LogP contribution is 2.25. The van der Waals surface area contributed by atoms with E-state index in [9.17, 15) is 4.39 Å². The molecule has 1 saturated heterocycles. The lowest BCUT2D eigenvalue weighted by Crippen LogP contribution is -1.89. The molecule has 0 aromatic heterocycles. The Balaban J connectivity index is 1.89. The highest BCUT2D eigenvalue weighted by molar-refractivity contribution is 4.79. The van der Waals surface area contributed by atoms with E-state index in [0.717, 1.165) is 6.42 Å². The summed E-state index contributed by atoms with van der Waals surface area (Å²) in [7, 11) is 0. The van der Waals surface area contributed by atoms with E-state index in [2.05, 4.69) is 0 Å². The second-order valence-electron chi connectivity index (χ2n) is 2.21. The van der Waals surface area contributed by atoms with Crippen molar-refractivity contribution in [1.29, 1.82) is 0 Å². The molecule has 0 amide bonds. The summed E-state index contributed by atoms with van der Waals surface area (Å²) in [6.45, 7) is 1.81. The van der Waals surface area contributed by atoms with Crippen molar-refractivity contribution in [2.45, 2.75) is 32.0 Å². The van der Waals surface area contributed by atoms with Crippen LogP contribution in [0.15, 0.2) is 0 Å². The van der Waals surface area contributed by atoms with E-state index in [-0.39, 0.29) is 6.67 Å². The lowest BCUT2D eigenvalue weighted by atomic mass is 10.2. The standard InChI is InChI=1S/C6H11FO/c1-5-6(8-5)3-2-4-7/h5-6H,2-4H2,1H3. The predicted molar refractivity (Wildman–Crippen MR) is 29.5 cm³/mol. The maximum Gasteiger partial charge on any atom is 0.0895 e. The van der Waals surface area contributed by atoms with Gasteiger partial charge in [0.2, 0.25) is 0 Å². The SMILES string of the molecule is CC1OC1CCCF. The van der Waals surface area contributed by atoms with Crippen molar-refractivity contribution in [1.82, 2.24) is 0 Å². The predicted octanol–water partition coefficient (Wildman–Crippen LogP) is 1.52. The number of epoxide rings is 1.